The molecule has 2 heterocycles. The summed E-state index contributed by atoms with van der Waals surface area (Å²) in [5, 5.41) is 7.35. The van der Waals surface area contributed by atoms with Gasteiger partial charge < -0.3 is 15.4 Å². The molecule has 1 atom stereocenters. The third-order valence-corrected chi connectivity index (χ3v) is 4.92. The van der Waals surface area contributed by atoms with Crippen LogP contribution < -0.4 is 10.6 Å². The lowest BCUT2D eigenvalue weighted by Gasteiger charge is -2.22. The third kappa shape index (κ3) is 4.29. The zero-order chi connectivity index (χ0) is 16.2. The summed E-state index contributed by atoms with van der Waals surface area (Å²) in [7, 11) is 0. The highest BCUT2D eigenvalue weighted by molar-refractivity contribution is 7.15. The molecule has 0 saturated carbocycles. The van der Waals surface area contributed by atoms with Crippen LogP contribution in [0.15, 0.2) is 24.3 Å². The molecule has 2 N–H and O–H groups in total. The van der Waals surface area contributed by atoms with Gasteiger partial charge in [-0.2, -0.15) is 0 Å². The van der Waals surface area contributed by atoms with Crippen molar-refractivity contribution >= 4 is 34.0 Å². The minimum absolute atomic E-state index is 0.104. The van der Waals surface area contributed by atoms with Gasteiger partial charge in [-0.25, -0.2) is 4.98 Å². The number of hydrogen-bond acceptors (Lipinski definition) is 5. The monoisotopic (exact) mass is 351 g/mol. The highest BCUT2D eigenvalue weighted by Crippen LogP contribution is 2.26. The Balaban J connectivity index is 1.67. The van der Waals surface area contributed by atoms with Gasteiger partial charge in [-0.1, -0.05) is 23.7 Å². The topological polar surface area (TPSA) is 63.2 Å². The molecule has 1 saturated heterocycles. The molecule has 7 heteroatoms. The second-order valence-corrected chi connectivity index (χ2v) is 6.93. The highest BCUT2D eigenvalue weighted by atomic mass is 35.5. The van der Waals surface area contributed by atoms with Gasteiger partial charge in [-0.15, -0.1) is 11.3 Å². The van der Waals surface area contributed by atoms with Crippen molar-refractivity contribution in [3.8, 4) is 0 Å². The van der Waals surface area contributed by atoms with Crippen LogP contribution in [-0.2, 0) is 16.0 Å². The number of morpholine rings is 1. The first-order chi connectivity index (χ1) is 11.1. The van der Waals surface area contributed by atoms with Crippen LogP contribution in [-0.4, -0.2) is 36.7 Å². The Bertz CT molecular complexity index is 698. The van der Waals surface area contributed by atoms with Gasteiger partial charge in [-0.05, 0) is 24.6 Å². The van der Waals surface area contributed by atoms with E-state index >= 15 is 0 Å². The number of aromatic nitrogens is 1. The number of benzene rings is 1. The zero-order valence-corrected chi connectivity index (χ0v) is 14.3. The first-order valence-corrected chi connectivity index (χ1v) is 8.64. The molecule has 1 aromatic carbocycles. The minimum atomic E-state index is -0.315. The number of rotatable bonds is 4. The van der Waals surface area contributed by atoms with E-state index in [0.29, 0.717) is 24.9 Å². The molecule has 1 aliphatic heterocycles. The summed E-state index contributed by atoms with van der Waals surface area (Å²) in [6, 6.07) is 7.46. The van der Waals surface area contributed by atoms with E-state index in [2.05, 4.69) is 15.6 Å². The molecule has 23 heavy (non-hydrogen) atoms. The van der Waals surface area contributed by atoms with Crippen molar-refractivity contribution in [2.45, 2.75) is 19.4 Å². The van der Waals surface area contributed by atoms with Crippen LogP contribution in [0.3, 0.4) is 0 Å². The van der Waals surface area contributed by atoms with Gasteiger partial charge in [0.1, 0.15) is 6.04 Å². The second kappa shape index (κ2) is 7.40. The van der Waals surface area contributed by atoms with E-state index in [1.165, 1.54) is 11.3 Å². The van der Waals surface area contributed by atoms with Gasteiger partial charge in [0.25, 0.3) is 0 Å². The molecule has 122 valence electrons. The van der Waals surface area contributed by atoms with E-state index in [0.717, 1.165) is 27.6 Å². The van der Waals surface area contributed by atoms with E-state index in [-0.39, 0.29) is 11.9 Å². The van der Waals surface area contributed by atoms with Crippen LogP contribution in [0.25, 0.3) is 0 Å². The quantitative estimate of drug-likeness (QED) is 0.888. The maximum atomic E-state index is 12.2. The first kappa shape index (κ1) is 16.4. The number of aryl methyl sites for hydroxylation is 1. The van der Waals surface area contributed by atoms with E-state index in [1.807, 2.05) is 31.2 Å². The summed E-state index contributed by atoms with van der Waals surface area (Å²) in [6.45, 7) is 3.68. The molecular formula is C16H18ClN3O2S. The van der Waals surface area contributed by atoms with Gasteiger partial charge in [0.05, 0.1) is 18.9 Å². The second-order valence-electron chi connectivity index (χ2n) is 5.41. The fraction of sp³-hybridized carbons (Fsp3) is 0.375. The summed E-state index contributed by atoms with van der Waals surface area (Å²) in [5.74, 6) is -0.104. The normalized spacial score (nSPS) is 17.9. The Morgan fingerprint density at radius 1 is 1.57 bits per heavy atom. The lowest BCUT2D eigenvalue weighted by molar-refractivity contribution is -0.120. The number of anilines is 1. The first-order valence-electron chi connectivity index (χ1n) is 7.44. The third-order valence-electron chi connectivity index (χ3n) is 3.61. The number of carbonyl (C=O) groups is 1. The predicted molar refractivity (Wildman–Crippen MR) is 92.3 cm³/mol. The smallest absolute Gasteiger partial charge is 0.245 e. The standard InChI is InChI=1S/C16H18ClN3O2S/c1-10-14(8-11-3-2-4-12(17)7-11)23-16(19-10)20-15(21)13-9-22-6-5-18-13/h2-4,7,13,18H,5-6,8-9H2,1H3,(H,19,20,21). The molecule has 1 unspecified atom stereocenters. The van der Waals surface area contributed by atoms with Crippen LogP contribution in [0.1, 0.15) is 16.1 Å². The molecule has 0 aliphatic carbocycles. The van der Waals surface area contributed by atoms with Crippen molar-refractivity contribution in [1.29, 1.82) is 0 Å². The number of amides is 1. The molecule has 0 radical (unpaired) electrons. The van der Waals surface area contributed by atoms with Crippen molar-refractivity contribution in [1.82, 2.24) is 10.3 Å². The number of ether oxygens (including phenoxy) is 1. The van der Waals surface area contributed by atoms with Crippen LogP contribution in [0, 0.1) is 6.92 Å². The van der Waals surface area contributed by atoms with E-state index < -0.39 is 0 Å². The average molecular weight is 352 g/mol. The number of hydrogen-bond donors (Lipinski definition) is 2. The summed E-state index contributed by atoms with van der Waals surface area (Å²) < 4.78 is 5.31. The molecule has 5 nitrogen and oxygen atoms in total. The predicted octanol–water partition coefficient (Wildman–Crippen LogP) is 2.62. The van der Waals surface area contributed by atoms with E-state index in [4.69, 9.17) is 16.3 Å². The van der Waals surface area contributed by atoms with E-state index in [9.17, 15) is 4.79 Å². The van der Waals surface area contributed by atoms with Crippen LogP contribution in [0.5, 0.6) is 0 Å². The van der Waals surface area contributed by atoms with Crippen LogP contribution in [0.2, 0.25) is 5.02 Å². The minimum Gasteiger partial charge on any atom is -0.378 e. The lowest BCUT2D eigenvalue weighted by Crippen LogP contribution is -2.48. The number of nitrogens with zero attached hydrogens (tertiary/aromatic N) is 1. The molecule has 3 rings (SSSR count). The molecule has 1 aliphatic rings. The van der Waals surface area contributed by atoms with Crippen molar-refractivity contribution in [3.63, 3.8) is 0 Å². The Morgan fingerprint density at radius 2 is 2.43 bits per heavy atom. The average Bonchev–Trinajstić information content (AvgIpc) is 2.87. The summed E-state index contributed by atoms with van der Waals surface area (Å²) in [5.41, 5.74) is 2.06. The molecule has 0 bridgehead atoms. The summed E-state index contributed by atoms with van der Waals surface area (Å²) in [6.07, 6.45) is 0.755. The van der Waals surface area contributed by atoms with Crippen molar-refractivity contribution in [2.75, 3.05) is 25.1 Å². The van der Waals surface area contributed by atoms with Crippen molar-refractivity contribution in [2.24, 2.45) is 0 Å². The number of nitrogens with one attached hydrogen (secondary N) is 2. The van der Waals surface area contributed by atoms with Gasteiger partial charge in [0.15, 0.2) is 5.13 Å². The van der Waals surface area contributed by atoms with Gasteiger partial charge in [0, 0.05) is 22.9 Å². The Kier molecular flexibility index (Phi) is 5.27. The van der Waals surface area contributed by atoms with Gasteiger partial charge >= 0.3 is 0 Å². The maximum Gasteiger partial charge on any atom is 0.245 e. The molecule has 0 spiro atoms. The van der Waals surface area contributed by atoms with Gasteiger partial charge in [0.2, 0.25) is 5.91 Å². The molecule has 1 fully saturated rings. The molecular weight excluding hydrogens is 334 g/mol. The van der Waals surface area contributed by atoms with Crippen molar-refractivity contribution < 1.29 is 9.53 Å². The Hall–Kier alpha value is -1.47. The summed E-state index contributed by atoms with van der Waals surface area (Å²) in [4.78, 5) is 17.8. The number of carbonyl (C=O) groups excluding carboxylic acids is 1. The Labute approximate surface area is 144 Å². The molecule has 2 aromatic rings. The van der Waals surface area contributed by atoms with Crippen LogP contribution in [0.4, 0.5) is 5.13 Å². The van der Waals surface area contributed by atoms with E-state index in [1.54, 1.807) is 0 Å². The zero-order valence-electron chi connectivity index (χ0n) is 12.8. The number of halogens is 1. The van der Waals surface area contributed by atoms with Gasteiger partial charge in [-0.3, -0.25) is 4.79 Å². The SMILES string of the molecule is Cc1nc(NC(=O)C2COCCN2)sc1Cc1cccc(Cl)c1. The van der Waals surface area contributed by atoms with Crippen molar-refractivity contribution in [3.05, 3.63) is 45.4 Å². The summed E-state index contributed by atoms with van der Waals surface area (Å²) >= 11 is 7.52. The maximum absolute atomic E-state index is 12.2. The fourth-order valence-electron chi connectivity index (χ4n) is 2.40. The molecule has 1 aromatic heterocycles. The Morgan fingerprint density at radius 3 is 3.17 bits per heavy atom. The van der Waals surface area contributed by atoms with Crippen LogP contribution >= 0.6 is 22.9 Å². The highest BCUT2D eigenvalue weighted by Gasteiger charge is 2.22. The molecule has 1 amide bonds. The number of thiazole rings is 1. The fourth-order valence-corrected chi connectivity index (χ4v) is 3.62. The largest absolute Gasteiger partial charge is 0.378 e. The lowest BCUT2D eigenvalue weighted by atomic mass is 10.1.